The zero-order valence-electron chi connectivity index (χ0n) is 10.6. The van der Waals surface area contributed by atoms with E-state index in [9.17, 15) is 9.90 Å². The van der Waals surface area contributed by atoms with Crippen LogP contribution in [0.25, 0.3) is 0 Å². The second-order valence-corrected chi connectivity index (χ2v) is 4.77. The molecule has 6 nitrogen and oxygen atoms in total. The minimum atomic E-state index is -0.643. The molecule has 0 saturated heterocycles. The fourth-order valence-corrected chi connectivity index (χ4v) is 1.28. The van der Waals surface area contributed by atoms with E-state index in [-0.39, 0.29) is 17.1 Å². The molecule has 0 heterocycles. The van der Waals surface area contributed by atoms with Crippen LogP contribution in [-0.4, -0.2) is 22.6 Å². The summed E-state index contributed by atoms with van der Waals surface area (Å²) in [5.74, 6) is -0.285. The topological polar surface area (TPSA) is 108 Å². The van der Waals surface area contributed by atoms with E-state index in [1.54, 1.807) is 20.8 Å². The molecule has 0 aromatic heterocycles. The Morgan fingerprint density at radius 2 is 2.06 bits per heavy atom. The highest BCUT2D eigenvalue weighted by molar-refractivity contribution is 6.03. The van der Waals surface area contributed by atoms with Crippen LogP contribution < -0.4 is 11.1 Å². The maximum absolute atomic E-state index is 11.6. The number of nitrogen functional groups attached to an aromatic ring is 1. The molecule has 5 N–H and O–H groups in total. The van der Waals surface area contributed by atoms with Crippen LogP contribution >= 0.6 is 0 Å². The molecular weight excluding hydrogens is 234 g/mol. The summed E-state index contributed by atoms with van der Waals surface area (Å²) in [5.41, 5.74) is 5.30. The standard InChI is InChI=1S/C12H17N3O3/c1-12(2,3)18-11(17)15-9-5-4-7(16)6-8(9)10(13)14/h4-6,16H,1-3H3,(H3,13,14)(H,15,17). The van der Waals surface area contributed by atoms with Crippen molar-refractivity contribution in [3.63, 3.8) is 0 Å². The Kier molecular flexibility index (Phi) is 3.80. The quantitative estimate of drug-likeness (QED) is 0.366. The Labute approximate surface area is 105 Å². The number of amides is 1. The van der Waals surface area contributed by atoms with Crippen LogP contribution in [0.1, 0.15) is 26.3 Å². The lowest BCUT2D eigenvalue weighted by atomic mass is 10.1. The summed E-state index contributed by atoms with van der Waals surface area (Å²) in [4.78, 5) is 11.6. The van der Waals surface area contributed by atoms with E-state index in [4.69, 9.17) is 15.9 Å². The minimum absolute atomic E-state index is 0.0325. The molecule has 1 aromatic rings. The first-order valence-electron chi connectivity index (χ1n) is 5.36. The molecule has 6 heteroatoms. The number of benzene rings is 1. The normalized spacial score (nSPS) is 10.8. The van der Waals surface area contributed by atoms with Gasteiger partial charge in [0, 0.05) is 5.56 Å². The second kappa shape index (κ2) is 4.95. The first-order valence-corrected chi connectivity index (χ1v) is 5.36. The van der Waals surface area contributed by atoms with Crippen LogP contribution in [0.2, 0.25) is 0 Å². The van der Waals surface area contributed by atoms with E-state index in [0.717, 1.165) is 0 Å². The van der Waals surface area contributed by atoms with Gasteiger partial charge in [-0.1, -0.05) is 0 Å². The predicted octanol–water partition coefficient (Wildman–Crippen LogP) is 2.02. The largest absolute Gasteiger partial charge is 0.508 e. The molecule has 0 fully saturated rings. The third-order valence-corrected chi connectivity index (χ3v) is 1.93. The monoisotopic (exact) mass is 251 g/mol. The van der Waals surface area contributed by atoms with E-state index in [1.807, 2.05) is 0 Å². The van der Waals surface area contributed by atoms with Crippen LogP contribution in [0.5, 0.6) is 5.75 Å². The number of anilines is 1. The van der Waals surface area contributed by atoms with Gasteiger partial charge in [-0.15, -0.1) is 0 Å². The Bertz CT molecular complexity index is 478. The predicted molar refractivity (Wildman–Crippen MR) is 69.0 cm³/mol. The van der Waals surface area contributed by atoms with Gasteiger partial charge >= 0.3 is 6.09 Å². The van der Waals surface area contributed by atoms with Gasteiger partial charge in [0.25, 0.3) is 0 Å². The number of carbonyl (C=O) groups excluding carboxylic acids is 1. The van der Waals surface area contributed by atoms with Gasteiger partial charge in [0.1, 0.15) is 17.2 Å². The maximum Gasteiger partial charge on any atom is 0.412 e. The van der Waals surface area contributed by atoms with E-state index in [2.05, 4.69) is 5.32 Å². The highest BCUT2D eigenvalue weighted by Crippen LogP contribution is 2.21. The van der Waals surface area contributed by atoms with Crippen molar-refractivity contribution in [2.75, 3.05) is 5.32 Å². The molecule has 0 radical (unpaired) electrons. The summed E-state index contributed by atoms with van der Waals surface area (Å²) in [6.45, 7) is 5.24. The van der Waals surface area contributed by atoms with Crippen LogP contribution in [0.3, 0.4) is 0 Å². The SMILES string of the molecule is CC(C)(C)OC(=O)Nc1ccc(O)cc1C(=N)N. The number of phenolic OH excluding ortho intramolecular Hbond substituents is 1. The molecule has 0 aliphatic rings. The van der Waals surface area contributed by atoms with E-state index in [0.29, 0.717) is 5.69 Å². The molecule has 0 unspecified atom stereocenters. The highest BCUT2D eigenvalue weighted by Gasteiger charge is 2.17. The Hall–Kier alpha value is -2.24. The number of ether oxygens (including phenoxy) is 1. The van der Waals surface area contributed by atoms with Gasteiger partial charge in [0.2, 0.25) is 0 Å². The van der Waals surface area contributed by atoms with E-state index >= 15 is 0 Å². The van der Waals surface area contributed by atoms with Crippen LogP contribution in [0.4, 0.5) is 10.5 Å². The Morgan fingerprint density at radius 3 is 2.56 bits per heavy atom. The summed E-state index contributed by atoms with van der Waals surface area (Å²) in [6, 6.07) is 4.14. The number of aromatic hydroxyl groups is 1. The molecule has 1 amide bonds. The van der Waals surface area contributed by atoms with Gasteiger partial charge in [-0.25, -0.2) is 4.79 Å². The van der Waals surface area contributed by atoms with Crippen molar-refractivity contribution in [3.8, 4) is 5.75 Å². The van der Waals surface area contributed by atoms with Gasteiger partial charge in [-0.3, -0.25) is 10.7 Å². The molecule has 0 saturated carbocycles. The van der Waals surface area contributed by atoms with Crippen molar-refractivity contribution in [2.24, 2.45) is 5.73 Å². The van der Waals surface area contributed by atoms with Gasteiger partial charge < -0.3 is 15.6 Å². The fourth-order valence-electron chi connectivity index (χ4n) is 1.28. The molecule has 0 aliphatic carbocycles. The summed E-state index contributed by atoms with van der Waals surface area (Å²) in [6.07, 6.45) is -0.643. The zero-order chi connectivity index (χ0) is 13.9. The first kappa shape index (κ1) is 13.8. The van der Waals surface area contributed by atoms with E-state index in [1.165, 1.54) is 18.2 Å². The average molecular weight is 251 g/mol. The van der Waals surface area contributed by atoms with Crippen molar-refractivity contribution in [1.82, 2.24) is 0 Å². The molecule has 0 aliphatic heterocycles. The molecule has 18 heavy (non-hydrogen) atoms. The van der Waals surface area contributed by atoms with Crippen molar-refractivity contribution in [3.05, 3.63) is 23.8 Å². The third kappa shape index (κ3) is 3.97. The Morgan fingerprint density at radius 1 is 1.44 bits per heavy atom. The average Bonchev–Trinajstić information content (AvgIpc) is 2.17. The van der Waals surface area contributed by atoms with Crippen molar-refractivity contribution < 1.29 is 14.6 Å². The molecule has 1 aromatic carbocycles. The van der Waals surface area contributed by atoms with E-state index < -0.39 is 11.7 Å². The first-order chi connectivity index (χ1) is 8.19. The van der Waals surface area contributed by atoms with Crippen molar-refractivity contribution in [1.29, 1.82) is 5.41 Å². The molecular formula is C12H17N3O3. The number of nitrogens with two attached hydrogens (primary N) is 1. The number of carbonyl (C=O) groups is 1. The van der Waals surface area contributed by atoms with Crippen LogP contribution in [0.15, 0.2) is 18.2 Å². The van der Waals surface area contributed by atoms with Crippen LogP contribution in [0, 0.1) is 5.41 Å². The maximum atomic E-state index is 11.6. The number of hydrogen-bond donors (Lipinski definition) is 4. The lowest BCUT2D eigenvalue weighted by Crippen LogP contribution is -2.28. The lowest BCUT2D eigenvalue weighted by molar-refractivity contribution is 0.0636. The van der Waals surface area contributed by atoms with Gasteiger partial charge in [0.15, 0.2) is 0 Å². The minimum Gasteiger partial charge on any atom is -0.508 e. The summed E-state index contributed by atoms with van der Waals surface area (Å²) in [5, 5.41) is 19.2. The third-order valence-electron chi connectivity index (χ3n) is 1.93. The number of nitrogens with one attached hydrogen (secondary N) is 2. The molecule has 0 spiro atoms. The van der Waals surface area contributed by atoms with Crippen molar-refractivity contribution in [2.45, 2.75) is 26.4 Å². The molecule has 0 atom stereocenters. The summed E-state index contributed by atoms with van der Waals surface area (Å²) >= 11 is 0. The van der Waals surface area contributed by atoms with Crippen molar-refractivity contribution >= 4 is 17.6 Å². The van der Waals surface area contributed by atoms with Gasteiger partial charge in [0.05, 0.1) is 5.69 Å². The van der Waals surface area contributed by atoms with Gasteiger partial charge in [-0.05, 0) is 39.0 Å². The smallest absolute Gasteiger partial charge is 0.412 e. The molecule has 0 bridgehead atoms. The molecule has 98 valence electrons. The number of hydrogen-bond acceptors (Lipinski definition) is 4. The lowest BCUT2D eigenvalue weighted by Gasteiger charge is -2.20. The number of phenols is 1. The van der Waals surface area contributed by atoms with Gasteiger partial charge in [-0.2, -0.15) is 0 Å². The molecule has 1 rings (SSSR count). The fraction of sp³-hybridized carbons (Fsp3) is 0.333. The number of rotatable bonds is 2. The zero-order valence-corrected chi connectivity index (χ0v) is 10.6. The Balaban J connectivity index is 2.91. The van der Waals surface area contributed by atoms with Crippen LogP contribution in [-0.2, 0) is 4.74 Å². The highest BCUT2D eigenvalue weighted by atomic mass is 16.6. The summed E-state index contributed by atoms with van der Waals surface area (Å²) < 4.78 is 5.08. The summed E-state index contributed by atoms with van der Waals surface area (Å²) in [7, 11) is 0. The number of amidine groups is 1. The second-order valence-electron chi connectivity index (χ2n) is 4.77.